The topological polar surface area (TPSA) is 84.9 Å². The Kier molecular flexibility index (Phi) is 6.52. The van der Waals surface area contributed by atoms with Gasteiger partial charge in [-0.2, -0.15) is 0 Å². The van der Waals surface area contributed by atoms with Crippen LogP contribution < -0.4 is 19.1 Å². The highest BCUT2D eigenvalue weighted by Gasteiger charge is 2.25. The number of benzene rings is 1. The summed E-state index contributed by atoms with van der Waals surface area (Å²) in [6, 6.07) is 4.89. The minimum atomic E-state index is -3.60. The molecule has 0 aliphatic carbocycles. The van der Waals surface area contributed by atoms with E-state index in [9.17, 15) is 13.2 Å². The molecule has 0 saturated carbocycles. The Morgan fingerprint density at radius 2 is 1.92 bits per heavy atom. The van der Waals surface area contributed by atoms with E-state index in [1.165, 1.54) is 0 Å². The Morgan fingerprint density at radius 3 is 2.56 bits per heavy atom. The highest BCUT2D eigenvalue weighted by atomic mass is 32.2. The molecule has 1 N–H and O–H groups in total. The van der Waals surface area contributed by atoms with Gasteiger partial charge in [0.15, 0.2) is 11.5 Å². The number of nitrogens with zero attached hydrogens (tertiary/aromatic N) is 1. The Bertz CT molecular complexity index is 703. The summed E-state index contributed by atoms with van der Waals surface area (Å²) in [5, 5.41) is 2.77. The number of anilines is 1. The van der Waals surface area contributed by atoms with Crippen LogP contribution in [0, 0.1) is 5.92 Å². The van der Waals surface area contributed by atoms with Crippen molar-refractivity contribution in [2.45, 2.75) is 27.2 Å². The SMILES string of the molecule is CCS(=O)(=O)N(CC(=O)NCCC(C)C)c1ccc2c(c1)OCCO2. The lowest BCUT2D eigenvalue weighted by Gasteiger charge is -2.25. The van der Waals surface area contributed by atoms with E-state index in [0.29, 0.717) is 42.9 Å². The van der Waals surface area contributed by atoms with E-state index in [4.69, 9.17) is 9.47 Å². The fourth-order valence-corrected chi connectivity index (χ4v) is 3.44. The van der Waals surface area contributed by atoms with Crippen molar-refractivity contribution in [1.82, 2.24) is 5.32 Å². The van der Waals surface area contributed by atoms with Crippen molar-refractivity contribution in [3.8, 4) is 11.5 Å². The summed E-state index contributed by atoms with van der Waals surface area (Å²) in [5.74, 6) is 1.10. The average molecular weight is 370 g/mol. The molecule has 25 heavy (non-hydrogen) atoms. The summed E-state index contributed by atoms with van der Waals surface area (Å²) in [7, 11) is -3.60. The van der Waals surface area contributed by atoms with Crippen LogP contribution in [0.2, 0.25) is 0 Å². The molecule has 2 rings (SSSR count). The second kappa shape index (κ2) is 8.42. The van der Waals surface area contributed by atoms with Crippen LogP contribution in [0.1, 0.15) is 27.2 Å². The van der Waals surface area contributed by atoms with Gasteiger partial charge in [0.25, 0.3) is 0 Å². The van der Waals surface area contributed by atoms with Gasteiger partial charge in [0.05, 0.1) is 11.4 Å². The molecule has 140 valence electrons. The molecular weight excluding hydrogens is 344 g/mol. The quantitative estimate of drug-likeness (QED) is 0.754. The number of carbonyl (C=O) groups is 1. The molecule has 1 aliphatic heterocycles. The van der Waals surface area contributed by atoms with Crippen molar-refractivity contribution in [3.05, 3.63) is 18.2 Å². The highest BCUT2D eigenvalue weighted by molar-refractivity contribution is 7.92. The molecule has 0 spiro atoms. The second-order valence-corrected chi connectivity index (χ2v) is 8.45. The van der Waals surface area contributed by atoms with Crippen LogP contribution in [0.25, 0.3) is 0 Å². The fourth-order valence-electron chi connectivity index (χ4n) is 2.38. The van der Waals surface area contributed by atoms with Crippen LogP contribution in [0.3, 0.4) is 0 Å². The Morgan fingerprint density at radius 1 is 1.24 bits per heavy atom. The molecule has 0 fully saturated rings. The minimum absolute atomic E-state index is 0.0965. The van der Waals surface area contributed by atoms with Crippen molar-refractivity contribution in [2.24, 2.45) is 5.92 Å². The number of sulfonamides is 1. The third kappa shape index (κ3) is 5.26. The monoisotopic (exact) mass is 370 g/mol. The maximum Gasteiger partial charge on any atom is 0.240 e. The second-order valence-electron chi connectivity index (χ2n) is 6.27. The predicted octanol–water partition coefficient (Wildman–Crippen LogP) is 1.78. The molecule has 8 heteroatoms. The molecule has 1 aromatic carbocycles. The van der Waals surface area contributed by atoms with E-state index >= 15 is 0 Å². The normalized spacial score (nSPS) is 13.6. The first-order chi connectivity index (χ1) is 11.8. The van der Waals surface area contributed by atoms with Crippen molar-refractivity contribution < 1.29 is 22.7 Å². The molecule has 1 aliphatic rings. The number of ether oxygens (including phenoxy) is 2. The number of hydrogen-bond acceptors (Lipinski definition) is 5. The molecule has 0 radical (unpaired) electrons. The molecule has 0 unspecified atom stereocenters. The smallest absolute Gasteiger partial charge is 0.240 e. The van der Waals surface area contributed by atoms with E-state index in [2.05, 4.69) is 19.2 Å². The van der Waals surface area contributed by atoms with Crippen LogP contribution in [-0.4, -0.2) is 46.4 Å². The maximum atomic E-state index is 12.5. The van der Waals surface area contributed by atoms with Gasteiger partial charge in [-0.05, 0) is 31.4 Å². The summed E-state index contributed by atoms with van der Waals surface area (Å²) >= 11 is 0. The molecule has 1 heterocycles. The molecule has 0 atom stereocenters. The lowest BCUT2D eigenvalue weighted by Crippen LogP contribution is -2.42. The summed E-state index contributed by atoms with van der Waals surface area (Å²) in [6.45, 7) is 6.82. The van der Waals surface area contributed by atoms with Crippen LogP contribution >= 0.6 is 0 Å². The first kappa shape index (κ1) is 19.4. The fraction of sp³-hybridized carbons (Fsp3) is 0.588. The zero-order chi connectivity index (χ0) is 18.4. The van der Waals surface area contributed by atoms with Crippen LogP contribution in [0.4, 0.5) is 5.69 Å². The molecule has 1 aromatic rings. The zero-order valence-electron chi connectivity index (χ0n) is 14.9. The zero-order valence-corrected chi connectivity index (χ0v) is 15.8. The molecule has 0 saturated heterocycles. The van der Waals surface area contributed by atoms with Gasteiger partial charge in [-0.1, -0.05) is 13.8 Å². The van der Waals surface area contributed by atoms with Gasteiger partial charge >= 0.3 is 0 Å². The minimum Gasteiger partial charge on any atom is -0.486 e. The van der Waals surface area contributed by atoms with Gasteiger partial charge in [-0.3, -0.25) is 9.10 Å². The summed E-state index contributed by atoms with van der Waals surface area (Å²) < 4.78 is 37.0. The Hall–Kier alpha value is -1.96. The van der Waals surface area contributed by atoms with E-state index in [0.717, 1.165) is 10.7 Å². The van der Waals surface area contributed by atoms with E-state index in [1.807, 2.05) is 0 Å². The number of carbonyl (C=O) groups excluding carboxylic acids is 1. The van der Waals surface area contributed by atoms with Gasteiger partial charge < -0.3 is 14.8 Å². The van der Waals surface area contributed by atoms with Crippen LogP contribution in [0.15, 0.2) is 18.2 Å². The van der Waals surface area contributed by atoms with E-state index < -0.39 is 10.0 Å². The van der Waals surface area contributed by atoms with Gasteiger partial charge in [-0.15, -0.1) is 0 Å². The van der Waals surface area contributed by atoms with E-state index in [-0.39, 0.29) is 18.2 Å². The van der Waals surface area contributed by atoms with Gasteiger partial charge in [-0.25, -0.2) is 8.42 Å². The first-order valence-electron chi connectivity index (χ1n) is 8.50. The third-order valence-corrected chi connectivity index (χ3v) is 5.59. The average Bonchev–Trinajstić information content (AvgIpc) is 2.58. The molecule has 1 amide bonds. The summed E-state index contributed by atoms with van der Waals surface area (Å²) in [6.07, 6.45) is 0.844. The molecule has 0 bridgehead atoms. The predicted molar refractivity (Wildman–Crippen MR) is 96.7 cm³/mol. The molecule has 7 nitrogen and oxygen atoms in total. The number of hydrogen-bond donors (Lipinski definition) is 1. The number of rotatable bonds is 8. The van der Waals surface area contributed by atoms with Crippen LogP contribution in [0.5, 0.6) is 11.5 Å². The summed E-state index contributed by atoms with van der Waals surface area (Å²) in [4.78, 5) is 12.2. The van der Waals surface area contributed by atoms with E-state index in [1.54, 1.807) is 25.1 Å². The number of fused-ring (bicyclic) bond motifs is 1. The lowest BCUT2D eigenvalue weighted by molar-refractivity contribution is -0.119. The Labute approximate surface area is 149 Å². The molecular formula is C17H26N2O5S. The van der Waals surface area contributed by atoms with Gasteiger partial charge in [0.2, 0.25) is 15.9 Å². The molecule has 0 aromatic heterocycles. The van der Waals surface area contributed by atoms with Crippen molar-refractivity contribution >= 4 is 21.6 Å². The first-order valence-corrected chi connectivity index (χ1v) is 10.1. The van der Waals surface area contributed by atoms with Gasteiger partial charge in [0, 0.05) is 12.6 Å². The standard InChI is InChI=1S/C17H26N2O5S/c1-4-25(21,22)19(12-17(20)18-8-7-13(2)3)14-5-6-15-16(11-14)24-10-9-23-15/h5-6,11,13H,4,7-10,12H2,1-3H3,(H,18,20). The largest absolute Gasteiger partial charge is 0.486 e. The Balaban J connectivity index is 2.18. The number of amides is 1. The lowest BCUT2D eigenvalue weighted by atomic mass is 10.1. The van der Waals surface area contributed by atoms with Crippen molar-refractivity contribution in [2.75, 3.05) is 36.4 Å². The van der Waals surface area contributed by atoms with Gasteiger partial charge in [0.1, 0.15) is 19.8 Å². The number of nitrogens with one attached hydrogen (secondary N) is 1. The van der Waals surface area contributed by atoms with Crippen LogP contribution in [-0.2, 0) is 14.8 Å². The maximum absolute atomic E-state index is 12.5. The third-order valence-electron chi connectivity index (χ3n) is 3.85. The highest BCUT2D eigenvalue weighted by Crippen LogP contribution is 2.34. The van der Waals surface area contributed by atoms with Crippen molar-refractivity contribution in [3.63, 3.8) is 0 Å². The van der Waals surface area contributed by atoms with Crippen molar-refractivity contribution in [1.29, 1.82) is 0 Å². The summed E-state index contributed by atoms with van der Waals surface area (Å²) in [5.41, 5.74) is 0.394.